The molecule has 0 atom stereocenters. The average molecular weight is 523 g/mol. The van der Waals surface area contributed by atoms with Crippen LogP contribution in [-0.2, 0) is 17.6 Å². The van der Waals surface area contributed by atoms with Gasteiger partial charge in [-0.05, 0) is 83.8 Å². The monoisotopic (exact) mass is 522 g/mol. The summed E-state index contributed by atoms with van der Waals surface area (Å²) in [6.07, 6.45) is 21.5. The van der Waals surface area contributed by atoms with E-state index in [1.54, 1.807) is 0 Å². The van der Waals surface area contributed by atoms with Gasteiger partial charge in [-0.1, -0.05) is 70.9 Å². The number of allylic oxidation sites excluding steroid dienone is 8. The van der Waals surface area contributed by atoms with E-state index in [0.29, 0.717) is 11.1 Å². The Morgan fingerprint density at radius 3 is 1.75 bits per heavy atom. The third kappa shape index (κ3) is 8.05. The van der Waals surface area contributed by atoms with Crippen molar-refractivity contribution < 1.29 is 9.90 Å². The van der Waals surface area contributed by atoms with Crippen LogP contribution >= 0.6 is 23.1 Å². The molecule has 0 N–H and O–H groups in total. The van der Waals surface area contributed by atoms with E-state index in [-0.39, 0.29) is 11.5 Å². The molecule has 2 nitrogen and oxygen atoms in total. The maximum atomic E-state index is 13.1. The molecule has 0 amide bonds. The molecule has 0 unspecified atom stereocenters. The molecule has 0 radical (unpaired) electrons. The molecule has 0 bridgehead atoms. The standard InChI is InChI=1S/C32H42O2S2/c1-5-9-13-25-17-23(18-26(35-25)14-10-6-2)21-29-31(33)30(32(29)34)22-24-19-27(15-11-7-3)36-28(20-24)16-12-8-4/h17-22H,5-16H2,1-4H3. The lowest BCUT2D eigenvalue weighted by molar-refractivity contribution is -0.300. The van der Waals surface area contributed by atoms with Gasteiger partial charge in [-0.15, -0.1) is 0 Å². The fraction of sp³-hybridized carbons (Fsp3) is 0.500. The van der Waals surface area contributed by atoms with Gasteiger partial charge < -0.3 is 5.11 Å². The minimum absolute atomic E-state index is 0.115. The van der Waals surface area contributed by atoms with Crippen LogP contribution in [0.1, 0.15) is 107 Å². The molecule has 1 aliphatic carbocycles. The van der Waals surface area contributed by atoms with E-state index in [0.717, 1.165) is 88.2 Å². The molecule has 1 aromatic heterocycles. The van der Waals surface area contributed by atoms with Crippen LogP contribution in [0.15, 0.2) is 62.6 Å². The number of carbonyl (C=O) groups is 1. The average Bonchev–Trinajstić information content (AvgIpc) is 2.89. The van der Waals surface area contributed by atoms with Crippen molar-refractivity contribution in [1.82, 2.24) is 0 Å². The minimum Gasteiger partial charge on any atom is -0.871 e. The van der Waals surface area contributed by atoms with Crippen molar-refractivity contribution in [2.24, 2.45) is 0 Å². The number of unbranched alkanes of at least 4 members (excludes halogenated alkanes) is 4. The molecule has 1 aromatic rings. The van der Waals surface area contributed by atoms with Crippen molar-refractivity contribution in [3.05, 3.63) is 78.0 Å². The topological polar surface area (TPSA) is 40.1 Å². The Labute approximate surface area is 227 Å². The van der Waals surface area contributed by atoms with E-state index < -0.39 is 0 Å². The maximum absolute atomic E-state index is 13.1. The van der Waals surface area contributed by atoms with Gasteiger partial charge in [-0.3, -0.25) is 4.79 Å². The Hall–Kier alpha value is -1.91. The lowest BCUT2D eigenvalue weighted by atomic mass is 9.85. The Bertz CT molecular complexity index is 1030. The van der Waals surface area contributed by atoms with Gasteiger partial charge in [-0.2, -0.15) is 0 Å². The molecule has 4 heteroatoms. The van der Waals surface area contributed by atoms with Crippen LogP contribution in [0.3, 0.4) is 0 Å². The zero-order valence-electron chi connectivity index (χ0n) is 22.6. The lowest BCUT2D eigenvalue weighted by Crippen LogP contribution is -2.29. The molecule has 0 fully saturated rings. The second-order valence-electron chi connectivity index (χ2n) is 9.84. The van der Waals surface area contributed by atoms with Crippen LogP contribution in [0.4, 0.5) is 0 Å². The first-order valence-electron chi connectivity index (χ1n) is 13.9. The third-order valence-corrected chi connectivity index (χ3v) is 8.88. The van der Waals surface area contributed by atoms with Crippen molar-refractivity contribution in [3.8, 4) is 0 Å². The predicted molar refractivity (Wildman–Crippen MR) is 157 cm³/mol. The zero-order chi connectivity index (χ0) is 25.9. The lowest BCUT2D eigenvalue weighted by Gasteiger charge is -2.29. The van der Waals surface area contributed by atoms with Crippen molar-refractivity contribution in [1.29, 1.82) is 0 Å². The van der Waals surface area contributed by atoms with Crippen molar-refractivity contribution in [3.63, 3.8) is 0 Å². The van der Waals surface area contributed by atoms with E-state index in [1.807, 2.05) is 35.3 Å². The summed E-state index contributed by atoms with van der Waals surface area (Å²) in [5.41, 5.74) is 2.65. The Kier molecular flexibility index (Phi) is 11.7. The highest BCUT2D eigenvalue weighted by atomic mass is 32.2. The van der Waals surface area contributed by atoms with Crippen LogP contribution in [0.5, 0.6) is 0 Å². The third-order valence-electron chi connectivity index (χ3n) is 6.54. The zero-order valence-corrected chi connectivity index (χ0v) is 24.2. The van der Waals surface area contributed by atoms with Gasteiger partial charge in [0.15, 0.2) is 5.78 Å². The Morgan fingerprint density at radius 2 is 1.28 bits per heavy atom. The summed E-state index contributed by atoms with van der Waals surface area (Å²) < 4.78 is 0. The number of Topliss-reactive ketones (excluding diaryl/α,β-unsaturated/α-hetero) is 1. The second kappa shape index (κ2) is 14.7. The number of carbonyl (C=O) groups excluding carboxylic acids is 1. The molecular weight excluding hydrogens is 480 g/mol. The van der Waals surface area contributed by atoms with Gasteiger partial charge in [-0.25, -0.2) is 0 Å². The fourth-order valence-corrected chi connectivity index (χ4v) is 6.81. The molecule has 0 aromatic carbocycles. The van der Waals surface area contributed by atoms with Gasteiger partial charge in [0, 0.05) is 36.1 Å². The summed E-state index contributed by atoms with van der Waals surface area (Å²) in [6, 6.07) is 4.34. The summed E-state index contributed by atoms with van der Waals surface area (Å²) in [4.78, 5) is 18.4. The van der Waals surface area contributed by atoms with Crippen LogP contribution < -0.4 is 5.11 Å². The van der Waals surface area contributed by atoms with Crippen LogP contribution in [0.2, 0.25) is 0 Å². The van der Waals surface area contributed by atoms with Gasteiger partial charge in [0.2, 0.25) is 21.1 Å². The molecule has 2 heterocycles. The van der Waals surface area contributed by atoms with Crippen molar-refractivity contribution >= 4 is 35.0 Å². The summed E-state index contributed by atoms with van der Waals surface area (Å²) in [6.45, 7) is 8.84. The van der Waals surface area contributed by atoms with E-state index in [9.17, 15) is 9.90 Å². The van der Waals surface area contributed by atoms with E-state index in [4.69, 9.17) is 0 Å². The van der Waals surface area contributed by atoms with Gasteiger partial charge >= 0.3 is 0 Å². The maximum Gasteiger partial charge on any atom is 0.218 e. The Morgan fingerprint density at radius 1 is 0.778 bits per heavy atom. The normalized spacial score (nSPS) is 16.8. The van der Waals surface area contributed by atoms with Crippen molar-refractivity contribution in [2.45, 2.75) is 105 Å². The molecule has 36 heavy (non-hydrogen) atoms. The minimum atomic E-state index is -0.115. The first-order chi connectivity index (χ1) is 17.5. The molecule has 0 saturated heterocycles. The molecule has 3 rings (SSSR count). The van der Waals surface area contributed by atoms with E-state index >= 15 is 0 Å². The van der Waals surface area contributed by atoms with Crippen molar-refractivity contribution in [2.75, 3.05) is 0 Å². The summed E-state index contributed by atoms with van der Waals surface area (Å²) in [5, 5.41) is 13.1. The smallest absolute Gasteiger partial charge is 0.218 e. The number of aryl methyl sites for hydroxylation is 2. The summed E-state index contributed by atoms with van der Waals surface area (Å²) in [7, 11) is 0. The number of ketones is 1. The quantitative estimate of drug-likeness (QED) is 0.181. The number of thioether (sulfide) groups is 1. The van der Waals surface area contributed by atoms with E-state index in [1.165, 1.54) is 19.6 Å². The molecular formula is C32H42O2S2. The van der Waals surface area contributed by atoms with E-state index in [2.05, 4.69) is 52.0 Å². The van der Waals surface area contributed by atoms with Gasteiger partial charge in [0.1, 0.15) is 0 Å². The van der Waals surface area contributed by atoms with Crippen LogP contribution in [-0.4, -0.2) is 5.78 Å². The number of rotatable bonds is 14. The largest absolute Gasteiger partial charge is 0.871 e. The molecule has 1 aliphatic heterocycles. The van der Waals surface area contributed by atoms with Gasteiger partial charge in [0.05, 0.1) is 0 Å². The highest BCUT2D eigenvalue weighted by Crippen LogP contribution is 2.39. The number of hydrogen-bond acceptors (Lipinski definition) is 3. The second-order valence-corrected chi connectivity index (χ2v) is 12.3. The highest BCUT2D eigenvalue weighted by Gasteiger charge is 2.26. The fourth-order valence-electron chi connectivity index (χ4n) is 4.37. The van der Waals surface area contributed by atoms with Gasteiger partial charge in [0.25, 0.3) is 0 Å². The molecule has 2 aliphatic rings. The summed E-state index contributed by atoms with van der Waals surface area (Å²) >= 11 is 3.75. The summed E-state index contributed by atoms with van der Waals surface area (Å²) in [5.74, 6) is -0.231. The highest BCUT2D eigenvalue weighted by molar-refractivity contribution is 8.06. The van der Waals surface area contributed by atoms with Crippen LogP contribution in [0, 0.1) is 0 Å². The molecule has 194 valence electrons. The molecule has 0 spiro atoms. The molecule has 0 saturated carbocycles. The van der Waals surface area contributed by atoms with Crippen LogP contribution in [0.25, 0.3) is 6.08 Å². The first-order valence-corrected chi connectivity index (χ1v) is 15.6. The Balaban J connectivity index is 1.88. The predicted octanol–water partition coefficient (Wildman–Crippen LogP) is 9.12. The SMILES string of the molecule is CCCCC1=CC(=CC2=C([O-])/C(=C/c3cc(CCCC)[s+]c(CCCC)c3)C2=O)C=C(CCCC)S1. The first kappa shape index (κ1) is 28.7. The number of hydrogen-bond donors (Lipinski definition) is 0.